The van der Waals surface area contributed by atoms with Crippen molar-refractivity contribution in [2.24, 2.45) is 34.6 Å². The minimum Gasteiger partial charge on any atom is -0.362 e. The van der Waals surface area contributed by atoms with Crippen molar-refractivity contribution in [3.8, 4) is 0 Å². The first kappa shape index (κ1) is 10.7. The van der Waals surface area contributed by atoms with Gasteiger partial charge >= 0.3 is 0 Å². The Morgan fingerprint density at radius 2 is 1.94 bits per heavy atom. The predicted octanol–water partition coefficient (Wildman–Crippen LogP) is 2.75. The predicted molar refractivity (Wildman–Crippen MR) is 73.3 cm³/mol. The molecule has 0 aromatic carbocycles. The van der Waals surface area contributed by atoms with E-state index in [0.29, 0.717) is 5.25 Å². The Labute approximate surface area is 108 Å². The van der Waals surface area contributed by atoms with E-state index in [9.17, 15) is 0 Å². The van der Waals surface area contributed by atoms with Gasteiger partial charge in [-0.05, 0) is 48.9 Å². The summed E-state index contributed by atoms with van der Waals surface area (Å²) in [4.78, 5) is 4.68. The Kier molecular flexibility index (Phi) is 2.31. The molecule has 3 saturated carbocycles. The quantitative estimate of drug-likeness (QED) is 0.815. The molecule has 4 aliphatic rings. The van der Waals surface area contributed by atoms with Crippen LogP contribution in [0.3, 0.4) is 0 Å². The van der Waals surface area contributed by atoms with E-state index in [1.54, 1.807) is 6.42 Å². The molecule has 0 saturated heterocycles. The van der Waals surface area contributed by atoms with Gasteiger partial charge < -0.3 is 5.32 Å². The van der Waals surface area contributed by atoms with Crippen LogP contribution in [-0.2, 0) is 0 Å². The molecule has 5 atom stereocenters. The third-order valence-corrected chi connectivity index (χ3v) is 6.91. The summed E-state index contributed by atoms with van der Waals surface area (Å²) in [6.45, 7) is 5.64. The van der Waals surface area contributed by atoms with Crippen molar-refractivity contribution in [3.05, 3.63) is 0 Å². The minimum atomic E-state index is 0.716. The van der Waals surface area contributed by atoms with E-state index in [1.165, 1.54) is 18.0 Å². The van der Waals surface area contributed by atoms with Crippen LogP contribution in [0.5, 0.6) is 0 Å². The van der Waals surface area contributed by atoms with Crippen molar-refractivity contribution in [1.29, 1.82) is 0 Å². The molecular formula is C14H22N2S. The number of amidine groups is 1. The molecule has 2 nitrogen and oxygen atoms in total. The first-order chi connectivity index (χ1) is 8.24. The first-order valence-corrected chi connectivity index (χ1v) is 8.09. The van der Waals surface area contributed by atoms with Gasteiger partial charge in [-0.15, -0.1) is 0 Å². The van der Waals surface area contributed by atoms with Crippen LogP contribution in [0.15, 0.2) is 4.99 Å². The summed E-state index contributed by atoms with van der Waals surface area (Å²) in [7, 11) is 0. The summed E-state index contributed by atoms with van der Waals surface area (Å²) in [5.41, 5.74) is 0. The van der Waals surface area contributed by atoms with Crippen molar-refractivity contribution >= 4 is 16.9 Å². The lowest BCUT2D eigenvalue weighted by atomic mass is 10.0. The van der Waals surface area contributed by atoms with Crippen LogP contribution in [0.2, 0.25) is 0 Å². The fraction of sp³-hybridized carbons (Fsp3) is 0.929. The zero-order chi connectivity index (χ0) is 11.6. The fourth-order valence-electron chi connectivity index (χ4n) is 4.48. The summed E-state index contributed by atoms with van der Waals surface area (Å²) < 4.78 is 0. The van der Waals surface area contributed by atoms with Crippen molar-refractivity contribution in [2.45, 2.75) is 44.4 Å². The molecule has 0 amide bonds. The van der Waals surface area contributed by atoms with E-state index >= 15 is 0 Å². The molecule has 1 aliphatic heterocycles. The van der Waals surface area contributed by atoms with Crippen LogP contribution in [0.1, 0.15) is 33.1 Å². The lowest BCUT2D eigenvalue weighted by molar-refractivity contribution is 0.456. The summed E-state index contributed by atoms with van der Waals surface area (Å²) in [6, 6.07) is 0.804. The lowest BCUT2D eigenvalue weighted by Gasteiger charge is -2.14. The van der Waals surface area contributed by atoms with Gasteiger partial charge in [-0.25, -0.2) is 0 Å². The van der Waals surface area contributed by atoms with Crippen LogP contribution in [-0.4, -0.2) is 23.0 Å². The Morgan fingerprint density at radius 3 is 2.53 bits per heavy atom. The Hall–Kier alpha value is -0.180. The van der Waals surface area contributed by atoms with E-state index in [4.69, 9.17) is 0 Å². The number of nitrogens with one attached hydrogen (secondary N) is 1. The highest BCUT2D eigenvalue weighted by Gasteiger charge is 2.65. The Bertz CT molecular complexity index is 349. The van der Waals surface area contributed by atoms with Gasteiger partial charge in [0.2, 0.25) is 0 Å². The van der Waals surface area contributed by atoms with Gasteiger partial charge in [-0.1, -0.05) is 25.6 Å². The van der Waals surface area contributed by atoms with E-state index in [1.807, 2.05) is 11.8 Å². The first-order valence-electron chi connectivity index (χ1n) is 7.21. The lowest BCUT2D eigenvalue weighted by Crippen LogP contribution is -2.27. The number of aliphatic imine (C=N–C) groups is 1. The molecule has 0 aromatic rings. The average Bonchev–Trinajstić information content (AvgIpc) is 2.76. The molecule has 94 valence electrons. The molecule has 0 radical (unpaired) electrons. The fourth-order valence-corrected chi connectivity index (χ4v) is 5.54. The van der Waals surface area contributed by atoms with Crippen LogP contribution in [0.4, 0.5) is 0 Å². The van der Waals surface area contributed by atoms with E-state index < -0.39 is 0 Å². The maximum atomic E-state index is 4.68. The molecule has 4 rings (SSSR count). The number of nitrogens with zero attached hydrogens (tertiary/aromatic N) is 1. The number of hydrogen-bond donors (Lipinski definition) is 1. The second kappa shape index (κ2) is 3.66. The highest BCUT2D eigenvalue weighted by Crippen LogP contribution is 2.65. The highest BCUT2D eigenvalue weighted by atomic mass is 32.2. The molecule has 0 spiro atoms. The normalized spacial score (nSPS) is 50.6. The smallest absolute Gasteiger partial charge is 0.157 e. The largest absolute Gasteiger partial charge is 0.362 e. The Balaban J connectivity index is 1.36. The summed E-state index contributed by atoms with van der Waals surface area (Å²) in [5, 5.41) is 5.72. The number of rotatable bonds is 2. The molecule has 1 N–H and O–H groups in total. The van der Waals surface area contributed by atoms with Gasteiger partial charge in [0.05, 0.1) is 6.54 Å². The molecule has 3 fully saturated rings. The third-order valence-electron chi connectivity index (χ3n) is 5.45. The molecule has 3 aliphatic carbocycles. The van der Waals surface area contributed by atoms with Gasteiger partial charge in [0, 0.05) is 11.3 Å². The van der Waals surface area contributed by atoms with Gasteiger partial charge in [-0.2, -0.15) is 0 Å². The second-order valence-corrected chi connectivity index (χ2v) is 7.93. The number of fused-ring (bicyclic) bond motifs is 5. The third kappa shape index (κ3) is 1.57. The molecule has 5 unspecified atom stereocenters. The molecule has 1 heterocycles. The maximum Gasteiger partial charge on any atom is 0.157 e. The molecule has 17 heavy (non-hydrogen) atoms. The summed E-state index contributed by atoms with van der Waals surface area (Å²) in [5.74, 6) is 4.93. The molecule has 0 aromatic heterocycles. The zero-order valence-corrected chi connectivity index (χ0v) is 11.5. The summed E-state index contributed by atoms with van der Waals surface area (Å²) in [6.07, 6.45) is 4.57. The van der Waals surface area contributed by atoms with E-state index in [2.05, 4.69) is 24.2 Å². The van der Waals surface area contributed by atoms with E-state index in [0.717, 1.165) is 42.2 Å². The van der Waals surface area contributed by atoms with Crippen molar-refractivity contribution in [3.63, 3.8) is 0 Å². The zero-order valence-electron chi connectivity index (χ0n) is 10.7. The van der Waals surface area contributed by atoms with Crippen LogP contribution >= 0.6 is 11.8 Å². The summed E-state index contributed by atoms with van der Waals surface area (Å²) >= 11 is 1.99. The number of hydrogen-bond acceptors (Lipinski definition) is 3. The maximum absolute atomic E-state index is 4.68. The van der Waals surface area contributed by atoms with E-state index in [-0.39, 0.29) is 0 Å². The standard InChI is InChI=1S/C14H22N2S/c1-7(2)10-6-15-14(17-10)16-13-11-8-3-4-9(5-8)12(11)13/h7-13H,3-6H2,1-2H3,(H,15,16). The van der Waals surface area contributed by atoms with Crippen LogP contribution in [0.25, 0.3) is 0 Å². The average molecular weight is 250 g/mol. The number of thioether (sulfide) groups is 1. The van der Waals surface area contributed by atoms with Crippen LogP contribution in [0, 0.1) is 29.6 Å². The van der Waals surface area contributed by atoms with Gasteiger partial charge in [0.1, 0.15) is 0 Å². The SMILES string of the molecule is CC(C)C1CN=C(NC2C3C4CCC(C4)C23)S1. The van der Waals surface area contributed by atoms with Gasteiger partial charge in [0.25, 0.3) is 0 Å². The van der Waals surface area contributed by atoms with Crippen molar-refractivity contribution in [1.82, 2.24) is 5.32 Å². The molecular weight excluding hydrogens is 228 g/mol. The highest BCUT2D eigenvalue weighted by molar-refractivity contribution is 8.14. The van der Waals surface area contributed by atoms with Crippen molar-refractivity contribution < 1.29 is 0 Å². The van der Waals surface area contributed by atoms with Crippen molar-refractivity contribution in [2.75, 3.05) is 6.54 Å². The molecule has 3 heteroatoms. The second-order valence-electron chi connectivity index (χ2n) is 6.70. The topological polar surface area (TPSA) is 24.4 Å². The van der Waals surface area contributed by atoms with Gasteiger partial charge in [-0.3, -0.25) is 4.99 Å². The molecule has 2 bridgehead atoms. The minimum absolute atomic E-state index is 0.716. The monoisotopic (exact) mass is 250 g/mol. The Morgan fingerprint density at radius 1 is 1.24 bits per heavy atom. The van der Waals surface area contributed by atoms with Crippen LogP contribution < -0.4 is 5.32 Å². The van der Waals surface area contributed by atoms with Gasteiger partial charge in [0.15, 0.2) is 5.17 Å².